The van der Waals surface area contributed by atoms with Gasteiger partial charge in [0.15, 0.2) is 0 Å². The van der Waals surface area contributed by atoms with Gasteiger partial charge in [0.05, 0.1) is 5.71 Å². The Morgan fingerprint density at radius 2 is 1.40 bits per heavy atom. The maximum atomic E-state index is 12.5. The summed E-state index contributed by atoms with van der Waals surface area (Å²) in [4.78, 5) is 5.45. The van der Waals surface area contributed by atoms with Crippen LogP contribution in [-0.4, -0.2) is 36.3 Å². The summed E-state index contributed by atoms with van der Waals surface area (Å²) in [7, 11) is 0. The number of benzene rings is 2. The third kappa shape index (κ3) is 9.81. The molecule has 1 aliphatic rings. The minimum atomic E-state index is -2.46. The average molecular weight is 523 g/mol. The van der Waals surface area contributed by atoms with Gasteiger partial charge in [0, 0.05) is 28.3 Å². The maximum Gasteiger partial charge on any atom is 0.288 e. The topological polar surface area (TPSA) is 48.8 Å². The Bertz CT molecular complexity index is 1010. The van der Waals surface area contributed by atoms with Crippen molar-refractivity contribution in [2.45, 2.75) is 35.2 Å². The Labute approximate surface area is 211 Å². The quantitative estimate of drug-likeness (QED) is 0.162. The lowest BCUT2D eigenvalue weighted by molar-refractivity contribution is 0.251. The maximum absolute atomic E-state index is 12.5. The van der Waals surface area contributed by atoms with Crippen molar-refractivity contribution < 1.29 is 17.6 Å². The van der Waals surface area contributed by atoms with Gasteiger partial charge >= 0.3 is 0 Å². The van der Waals surface area contributed by atoms with Crippen molar-refractivity contribution >= 4 is 47.3 Å². The summed E-state index contributed by atoms with van der Waals surface area (Å²) >= 11 is 0.999. The number of hydrazone groups is 1. The zero-order chi connectivity index (χ0) is 25.3. The molecule has 0 aromatic heterocycles. The molecule has 10 heteroatoms. The van der Waals surface area contributed by atoms with Gasteiger partial charge in [-0.15, -0.1) is 0 Å². The molecular weight excluding hydrogens is 496 g/mol. The van der Waals surface area contributed by atoms with Crippen molar-refractivity contribution in [1.82, 2.24) is 10.7 Å². The number of thioether (sulfide) groups is 2. The summed E-state index contributed by atoms with van der Waals surface area (Å²) in [6.45, 7) is 5.68. The van der Waals surface area contributed by atoms with E-state index in [0.717, 1.165) is 17.7 Å². The third-order valence-electron chi connectivity index (χ3n) is 4.79. The van der Waals surface area contributed by atoms with Gasteiger partial charge in [0.1, 0.15) is 0 Å². The minimum absolute atomic E-state index is 0.0705. The van der Waals surface area contributed by atoms with E-state index < -0.39 is 11.5 Å². The number of hydrogen-bond acceptors (Lipinski definition) is 6. The van der Waals surface area contributed by atoms with Crippen LogP contribution in [0.4, 0.5) is 17.6 Å². The van der Waals surface area contributed by atoms with Crippen molar-refractivity contribution in [1.29, 1.82) is 0 Å². The highest BCUT2D eigenvalue weighted by molar-refractivity contribution is 7.99. The Hall–Kier alpha value is -2.72. The monoisotopic (exact) mass is 522 g/mol. The van der Waals surface area contributed by atoms with Crippen LogP contribution in [0.1, 0.15) is 25.0 Å². The van der Waals surface area contributed by atoms with Crippen molar-refractivity contribution in [3.63, 3.8) is 0 Å². The molecule has 2 N–H and O–H groups in total. The van der Waals surface area contributed by atoms with Crippen molar-refractivity contribution in [3.05, 3.63) is 71.8 Å². The molecule has 35 heavy (non-hydrogen) atoms. The third-order valence-corrected chi connectivity index (χ3v) is 6.24. The number of hydrogen-bond donors (Lipinski definition) is 2. The number of nitrogens with one attached hydrogen (secondary N) is 2. The van der Waals surface area contributed by atoms with Crippen molar-refractivity contribution in [3.8, 4) is 0 Å². The van der Waals surface area contributed by atoms with Crippen LogP contribution in [0.25, 0.3) is 12.2 Å². The number of nitrogens with zero attached hydrogens (tertiary/aromatic N) is 2. The molecule has 4 nitrogen and oxygen atoms in total. The number of aliphatic imine (C=N–C) groups is 1. The highest BCUT2D eigenvalue weighted by atomic mass is 32.2. The van der Waals surface area contributed by atoms with E-state index in [2.05, 4.69) is 34.7 Å². The summed E-state index contributed by atoms with van der Waals surface area (Å²) < 4.78 is 50.1. The first-order valence-corrected chi connectivity index (χ1v) is 12.5. The lowest BCUT2D eigenvalue weighted by Gasteiger charge is -2.28. The second kappa shape index (κ2) is 12.8. The predicted octanol–water partition coefficient (Wildman–Crippen LogP) is 6.97. The molecule has 0 unspecified atom stereocenters. The molecule has 0 spiro atoms. The lowest BCUT2D eigenvalue weighted by atomic mass is 9.93. The van der Waals surface area contributed by atoms with Crippen LogP contribution in [0, 0.1) is 5.41 Å². The fourth-order valence-electron chi connectivity index (χ4n) is 2.93. The molecule has 0 fully saturated rings. The normalized spacial score (nSPS) is 15.5. The lowest BCUT2D eigenvalue weighted by Crippen LogP contribution is -2.46. The van der Waals surface area contributed by atoms with E-state index in [9.17, 15) is 17.6 Å². The Morgan fingerprint density at radius 3 is 1.80 bits per heavy atom. The average Bonchev–Trinajstić information content (AvgIpc) is 2.80. The number of guanidine groups is 1. The molecule has 0 saturated heterocycles. The Kier molecular flexibility index (Phi) is 9.85. The smallest absolute Gasteiger partial charge is 0.288 e. The van der Waals surface area contributed by atoms with Crippen LogP contribution >= 0.6 is 23.5 Å². The van der Waals surface area contributed by atoms with Gasteiger partial charge in [0.2, 0.25) is 5.96 Å². The van der Waals surface area contributed by atoms with Gasteiger partial charge < -0.3 is 5.32 Å². The molecule has 3 rings (SSSR count). The molecular formula is C25H26F4N4S2. The van der Waals surface area contributed by atoms with Gasteiger partial charge in [-0.2, -0.15) is 22.7 Å². The molecule has 0 saturated carbocycles. The Morgan fingerprint density at radius 1 is 0.914 bits per heavy atom. The fraction of sp³-hybridized carbons (Fsp3) is 0.280. The number of alkyl halides is 4. The molecule has 0 atom stereocenters. The molecule has 0 amide bonds. The fourth-order valence-corrected chi connectivity index (χ4v) is 3.93. The SMILES string of the molecule is CC1(C)CN=C(NN=C(C=Cc2ccc(SC(F)F)cc2)C=Cc2ccc(SC(F)F)cc2)NC1. The molecule has 1 heterocycles. The van der Waals surface area contributed by atoms with E-state index in [0.29, 0.717) is 51.5 Å². The molecule has 0 aliphatic carbocycles. The van der Waals surface area contributed by atoms with Gasteiger partial charge in [-0.25, -0.2) is 5.43 Å². The van der Waals surface area contributed by atoms with Gasteiger partial charge in [-0.05, 0) is 47.5 Å². The first-order chi connectivity index (χ1) is 16.7. The van der Waals surface area contributed by atoms with Crippen LogP contribution in [-0.2, 0) is 0 Å². The summed E-state index contributed by atoms with van der Waals surface area (Å²) in [6.07, 6.45) is 7.22. The van der Waals surface area contributed by atoms with Crippen molar-refractivity contribution in [2.75, 3.05) is 13.1 Å². The molecule has 0 bridgehead atoms. The number of allylic oxidation sites excluding steroid dienone is 2. The van der Waals surface area contributed by atoms with Gasteiger partial charge in [0.25, 0.3) is 11.5 Å². The summed E-state index contributed by atoms with van der Waals surface area (Å²) in [5, 5.41) is 7.64. The minimum Gasteiger partial charge on any atom is -0.354 e. The van der Waals surface area contributed by atoms with Crippen LogP contribution < -0.4 is 10.7 Å². The van der Waals surface area contributed by atoms with E-state index in [4.69, 9.17) is 0 Å². The van der Waals surface area contributed by atoms with Gasteiger partial charge in [-0.1, -0.05) is 73.8 Å². The summed E-state index contributed by atoms with van der Waals surface area (Å²) in [5.74, 6) is -4.35. The summed E-state index contributed by atoms with van der Waals surface area (Å²) in [5.41, 5.74) is 5.25. The van der Waals surface area contributed by atoms with Crippen LogP contribution in [0.2, 0.25) is 0 Å². The van der Waals surface area contributed by atoms with Crippen LogP contribution in [0.5, 0.6) is 0 Å². The molecule has 0 radical (unpaired) electrons. The molecule has 186 valence electrons. The molecule has 2 aromatic rings. The van der Waals surface area contributed by atoms with E-state index in [1.807, 2.05) is 12.2 Å². The van der Waals surface area contributed by atoms with E-state index in [-0.39, 0.29) is 5.41 Å². The number of rotatable bonds is 9. The highest BCUT2D eigenvalue weighted by Gasteiger charge is 2.21. The first-order valence-electron chi connectivity index (χ1n) is 10.8. The van der Waals surface area contributed by atoms with Crippen molar-refractivity contribution in [2.24, 2.45) is 15.5 Å². The number of halogens is 4. The predicted molar refractivity (Wildman–Crippen MR) is 139 cm³/mol. The van der Waals surface area contributed by atoms with Crippen LogP contribution in [0.3, 0.4) is 0 Å². The highest BCUT2D eigenvalue weighted by Crippen LogP contribution is 2.26. The molecule has 1 aliphatic heterocycles. The van der Waals surface area contributed by atoms with Crippen LogP contribution in [0.15, 0.2) is 80.6 Å². The van der Waals surface area contributed by atoms with E-state index >= 15 is 0 Å². The second-order valence-corrected chi connectivity index (χ2v) is 10.5. The zero-order valence-electron chi connectivity index (χ0n) is 19.2. The summed E-state index contributed by atoms with van der Waals surface area (Å²) in [6, 6.07) is 13.6. The van der Waals surface area contributed by atoms with Gasteiger partial charge in [-0.3, -0.25) is 4.99 Å². The zero-order valence-corrected chi connectivity index (χ0v) is 20.9. The largest absolute Gasteiger partial charge is 0.354 e. The van der Waals surface area contributed by atoms with E-state index in [1.165, 1.54) is 0 Å². The Balaban J connectivity index is 1.75. The first kappa shape index (κ1) is 26.9. The molecule has 2 aromatic carbocycles. The standard InChI is InChI=1S/C25H26F4N4S2/c1-25(2)15-30-24(31-16-25)33-32-19(9-3-17-5-11-20(12-6-17)34-22(26)27)10-4-18-7-13-21(14-8-18)35-23(28)29/h3-14,22-23H,15-16H2,1-2H3,(H2,30,31,33). The second-order valence-electron chi connectivity index (χ2n) is 8.39. The van der Waals surface area contributed by atoms with E-state index in [1.54, 1.807) is 60.7 Å².